The van der Waals surface area contributed by atoms with E-state index < -0.39 is 33.4 Å². The van der Waals surface area contributed by atoms with E-state index in [4.69, 9.17) is 27.9 Å². The number of anilines is 1. The third-order valence-corrected chi connectivity index (χ3v) is 8.52. The zero-order valence-electron chi connectivity index (χ0n) is 25.1. The Labute approximate surface area is 275 Å². The summed E-state index contributed by atoms with van der Waals surface area (Å²) < 4.78 is 75.8. The Morgan fingerprint density at radius 2 is 1.67 bits per heavy atom. The lowest BCUT2D eigenvalue weighted by molar-refractivity contribution is -0.137. The van der Waals surface area contributed by atoms with Crippen molar-refractivity contribution in [2.45, 2.75) is 38.3 Å². The largest absolute Gasteiger partial charge is 0.454 e. The molecule has 0 heterocycles. The van der Waals surface area contributed by atoms with Crippen LogP contribution in [0.5, 0.6) is 11.5 Å². The van der Waals surface area contributed by atoms with Crippen molar-refractivity contribution >= 4 is 56.3 Å². The number of halogens is 5. The van der Waals surface area contributed by atoms with Crippen molar-refractivity contribution in [1.29, 1.82) is 0 Å². The van der Waals surface area contributed by atoms with Crippen molar-refractivity contribution in [2.75, 3.05) is 38.0 Å². The highest BCUT2D eigenvalue weighted by atomic mass is 35.5. The van der Waals surface area contributed by atoms with Crippen molar-refractivity contribution in [2.24, 2.45) is 10.2 Å². The van der Waals surface area contributed by atoms with E-state index in [0.29, 0.717) is 19.0 Å². The van der Waals surface area contributed by atoms with E-state index in [-0.39, 0.29) is 56.6 Å². The molecule has 248 valence electrons. The van der Waals surface area contributed by atoms with Crippen LogP contribution in [0.2, 0.25) is 10.0 Å². The standard InChI is InChI=1S/C30H32Cl2F3N5O5S/c1-4-40(5-2)14-6-13-37-46(43,44)28-17-22(31)9-12-27(28)45-26-11-8-21(30(33,34)35)16-25(26)38-29(42)20-7-10-23(32)24(15-20)39-36-18-19(3)41/h7-12,15-17,37H,4-6,13-14,18H2,1-3H3,(H,38,42). The third kappa shape index (κ3) is 10.5. The van der Waals surface area contributed by atoms with Gasteiger partial charge in [-0.3, -0.25) is 9.59 Å². The average Bonchev–Trinajstić information content (AvgIpc) is 2.99. The lowest BCUT2D eigenvalue weighted by Gasteiger charge is -2.19. The van der Waals surface area contributed by atoms with Crippen molar-refractivity contribution in [3.63, 3.8) is 0 Å². The fourth-order valence-electron chi connectivity index (χ4n) is 4.05. The number of amides is 1. The smallest absolute Gasteiger partial charge is 0.416 e. The minimum Gasteiger partial charge on any atom is -0.454 e. The monoisotopic (exact) mass is 701 g/mol. The van der Waals surface area contributed by atoms with Crippen LogP contribution in [0.3, 0.4) is 0 Å². The number of ether oxygens (including phenoxy) is 1. The fourth-order valence-corrected chi connectivity index (χ4v) is 5.67. The summed E-state index contributed by atoms with van der Waals surface area (Å²) in [6.45, 7) is 7.50. The van der Waals surface area contributed by atoms with Gasteiger partial charge in [0.1, 0.15) is 22.9 Å². The highest BCUT2D eigenvalue weighted by molar-refractivity contribution is 7.89. The Bertz CT molecular complexity index is 1700. The Hall–Kier alpha value is -3.56. The molecule has 16 heteroatoms. The first-order valence-electron chi connectivity index (χ1n) is 14.0. The van der Waals surface area contributed by atoms with Crippen LogP contribution in [0.15, 0.2) is 69.7 Å². The van der Waals surface area contributed by atoms with Gasteiger partial charge in [-0.15, -0.1) is 0 Å². The Kier molecular flexibility index (Phi) is 13.1. The Morgan fingerprint density at radius 1 is 0.978 bits per heavy atom. The fraction of sp³-hybridized carbons (Fsp3) is 0.333. The van der Waals surface area contributed by atoms with Crippen LogP contribution in [-0.4, -0.2) is 57.7 Å². The first kappa shape index (κ1) is 36.9. The molecular weight excluding hydrogens is 670 g/mol. The van der Waals surface area contributed by atoms with Crippen molar-refractivity contribution < 1.29 is 35.9 Å². The summed E-state index contributed by atoms with van der Waals surface area (Å²) in [6.07, 6.45) is -4.25. The maximum atomic E-state index is 13.6. The Balaban J connectivity index is 1.94. The number of carbonyl (C=O) groups is 2. The van der Waals surface area contributed by atoms with Gasteiger partial charge in [0, 0.05) is 17.1 Å². The number of hydrogen-bond acceptors (Lipinski definition) is 8. The van der Waals surface area contributed by atoms with Crippen LogP contribution in [0.1, 0.15) is 43.1 Å². The molecule has 0 aliphatic heterocycles. The summed E-state index contributed by atoms with van der Waals surface area (Å²) in [7, 11) is -4.18. The highest BCUT2D eigenvalue weighted by Crippen LogP contribution is 2.39. The number of benzene rings is 3. The summed E-state index contributed by atoms with van der Waals surface area (Å²) in [6, 6.07) is 10.0. The molecule has 0 aromatic heterocycles. The lowest BCUT2D eigenvalue weighted by atomic mass is 10.1. The third-order valence-electron chi connectivity index (χ3n) is 6.49. The van der Waals surface area contributed by atoms with Gasteiger partial charge in [-0.1, -0.05) is 37.0 Å². The molecule has 0 atom stereocenters. The number of hydrogen-bond donors (Lipinski definition) is 2. The van der Waals surface area contributed by atoms with Gasteiger partial charge in [0.15, 0.2) is 11.5 Å². The van der Waals surface area contributed by atoms with E-state index in [2.05, 4.69) is 25.2 Å². The molecule has 2 N–H and O–H groups in total. The van der Waals surface area contributed by atoms with Crippen LogP contribution in [0.4, 0.5) is 24.5 Å². The first-order valence-corrected chi connectivity index (χ1v) is 16.3. The highest BCUT2D eigenvalue weighted by Gasteiger charge is 2.32. The second kappa shape index (κ2) is 16.3. The number of carbonyl (C=O) groups excluding carboxylic acids is 2. The van der Waals surface area contributed by atoms with Crippen molar-refractivity contribution in [3.8, 4) is 11.5 Å². The topological polar surface area (TPSA) is 130 Å². The first-order chi connectivity index (χ1) is 21.6. The minimum absolute atomic E-state index is 0.0480. The normalized spacial score (nSPS) is 12.1. The summed E-state index contributed by atoms with van der Waals surface area (Å²) in [4.78, 5) is 26.1. The maximum absolute atomic E-state index is 13.6. The minimum atomic E-state index is -4.77. The van der Waals surface area contributed by atoms with E-state index in [1.54, 1.807) is 0 Å². The second-order valence-electron chi connectivity index (χ2n) is 9.90. The summed E-state index contributed by atoms with van der Waals surface area (Å²) in [5, 5.41) is 10.1. The Morgan fingerprint density at radius 3 is 2.33 bits per heavy atom. The van der Waals surface area contributed by atoms with Crippen LogP contribution >= 0.6 is 23.2 Å². The molecular formula is C30H32Cl2F3N5O5S. The van der Waals surface area contributed by atoms with E-state index in [1.165, 1.54) is 37.3 Å². The van der Waals surface area contributed by atoms with E-state index >= 15 is 0 Å². The van der Waals surface area contributed by atoms with Crippen molar-refractivity contribution in [3.05, 3.63) is 75.8 Å². The number of nitrogens with one attached hydrogen (secondary N) is 2. The van der Waals surface area contributed by atoms with Gasteiger partial charge in [-0.25, -0.2) is 13.1 Å². The average molecular weight is 703 g/mol. The van der Waals surface area contributed by atoms with E-state index in [0.717, 1.165) is 31.3 Å². The predicted octanol–water partition coefficient (Wildman–Crippen LogP) is 7.74. The molecule has 0 saturated carbocycles. The number of ketones is 1. The van der Waals surface area contributed by atoms with Crippen LogP contribution in [0.25, 0.3) is 0 Å². The summed E-state index contributed by atoms with van der Waals surface area (Å²) in [5.41, 5.74) is -1.49. The number of azo groups is 1. The predicted molar refractivity (Wildman–Crippen MR) is 170 cm³/mol. The molecule has 0 aliphatic rings. The molecule has 46 heavy (non-hydrogen) atoms. The van der Waals surface area contributed by atoms with Crippen LogP contribution in [0, 0.1) is 0 Å². The quantitative estimate of drug-likeness (QED) is 0.123. The number of Topliss-reactive ketones (excluding diaryl/α,β-unsaturated/α-hetero) is 1. The molecule has 0 fully saturated rings. The molecule has 0 unspecified atom stereocenters. The molecule has 0 bridgehead atoms. The number of sulfonamides is 1. The van der Waals surface area contributed by atoms with Crippen LogP contribution < -0.4 is 14.8 Å². The zero-order valence-corrected chi connectivity index (χ0v) is 27.4. The number of rotatable bonds is 15. The lowest BCUT2D eigenvalue weighted by Crippen LogP contribution is -2.30. The summed E-state index contributed by atoms with van der Waals surface area (Å²) in [5.74, 6) is -1.64. The number of alkyl halides is 3. The van der Waals surface area contributed by atoms with Gasteiger partial charge < -0.3 is 15.0 Å². The molecule has 3 aromatic rings. The summed E-state index contributed by atoms with van der Waals surface area (Å²) >= 11 is 12.2. The van der Waals surface area contributed by atoms with Gasteiger partial charge in [-0.05, 0) is 87.6 Å². The van der Waals surface area contributed by atoms with E-state index in [9.17, 15) is 31.2 Å². The van der Waals surface area contributed by atoms with E-state index in [1.807, 2.05) is 13.8 Å². The zero-order chi connectivity index (χ0) is 34.1. The molecule has 0 aliphatic carbocycles. The molecule has 0 spiro atoms. The maximum Gasteiger partial charge on any atom is 0.416 e. The molecule has 1 amide bonds. The molecule has 3 aromatic carbocycles. The van der Waals surface area contributed by atoms with Gasteiger partial charge in [0.2, 0.25) is 10.0 Å². The molecule has 3 rings (SSSR count). The van der Waals surface area contributed by atoms with Gasteiger partial charge in [-0.2, -0.15) is 23.4 Å². The van der Waals surface area contributed by atoms with Gasteiger partial charge in [0.25, 0.3) is 5.91 Å². The molecule has 0 radical (unpaired) electrons. The molecule has 10 nitrogen and oxygen atoms in total. The van der Waals surface area contributed by atoms with Gasteiger partial charge >= 0.3 is 6.18 Å². The SMILES string of the molecule is CCN(CC)CCCNS(=O)(=O)c1cc(Cl)ccc1Oc1ccc(C(F)(F)F)cc1NC(=O)c1ccc(Cl)c(N=NCC(C)=O)c1. The van der Waals surface area contributed by atoms with Gasteiger partial charge in [0.05, 0.1) is 16.3 Å². The second-order valence-corrected chi connectivity index (χ2v) is 12.5. The van der Waals surface area contributed by atoms with Crippen molar-refractivity contribution in [1.82, 2.24) is 9.62 Å². The van der Waals surface area contributed by atoms with Crippen LogP contribution in [-0.2, 0) is 21.0 Å². The number of nitrogens with zero attached hydrogens (tertiary/aromatic N) is 3. The molecule has 0 saturated heterocycles.